The van der Waals surface area contributed by atoms with Crippen LogP contribution >= 0.6 is 11.6 Å². The highest BCUT2D eigenvalue weighted by Crippen LogP contribution is 2.39. The summed E-state index contributed by atoms with van der Waals surface area (Å²) >= 11 is 6.12. The molecular weight excluding hydrogens is 276 g/mol. The lowest BCUT2D eigenvalue weighted by atomic mass is 9.99. The van der Waals surface area contributed by atoms with E-state index in [2.05, 4.69) is 0 Å². The van der Waals surface area contributed by atoms with Gasteiger partial charge in [0.25, 0.3) is 0 Å². The Labute approximate surface area is 123 Å². The van der Waals surface area contributed by atoms with Gasteiger partial charge in [-0.2, -0.15) is 0 Å². The summed E-state index contributed by atoms with van der Waals surface area (Å²) in [6.45, 7) is 1.92. The van der Waals surface area contributed by atoms with Crippen LogP contribution in [0.15, 0.2) is 30.3 Å². The Hall–Kier alpha value is -2.00. The molecule has 2 aromatic carbocycles. The number of hydrogen-bond acceptors (Lipinski definition) is 3. The molecule has 4 heteroatoms. The van der Waals surface area contributed by atoms with E-state index in [1.807, 2.05) is 13.0 Å². The number of hydrogen-bond donors (Lipinski definition) is 0. The minimum absolute atomic E-state index is 0.579. The first-order valence-electron chi connectivity index (χ1n) is 6.08. The van der Waals surface area contributed by atoms with Gasteiger partial charge in [0.15, 0.2) is 0 Å². The van der Waals surface area contributed by atoms with Gasteiger partial charge in [0.2, 0.25) is 0 Å². The Kier molecular flexibility index (Phi) is 4.30. The summed E-state index contributed by atoms with van der Waals surface area (Å²) in [6.07, 6.45) is 0.804. The number of methoxy groups -OCH3 is 2. The molecule has 0 aliphatic heterocycles. The lowest BCUT2D eigenvalue weighted by molar-refractivity contribution is 0.112. The van der Waals surface area contributed by atoms with Crippen LogP contribution in [-0.2, 0) is 0 Å². The largest absolute Gasteiger partial charge is 0.496 e. The van der Waals surface area contributed by atoms with E-state index in [1.54, 1.807) is 38.5 Å². The summed E-state index contributed by atoms with van der Waals surface area (Å²) in [5, 5.41) is 0.635. The predicted octanol–water partition coefficient (Wildman–Crippen LogP) is 4.15. The van der Waals surface area contributed by atoms with Gasteiger partial charge in [-0.1, -0.05) is 11.6 Å². The fraction of sp³-hybridized carbons (Fsp3) is 0.188. The molecule has 0 fully saturated rings. The van der Waals surface area contributed by atoms with Crippen LogP contribution in [0.2, 0.25) is 5.02 Å². The summed E-state index contributed by atoms with van der Waals surface area (Å²) in [5.41, 5.74) is 3.15. The molecule has 0 unspecified atom stereocenters. The molecule has 2 rings (SSSR count). The van der Waals surface area contributed by atoms with Gasteiger partial charge >= 0.3 is 0 Å². The van der Waals surface area contributed by atoms with Crippen molar-refractivity contribution >= 4 is 17.9 Å². The average Bonchev–Trinajstić information content (AvgIpc) is 2.48. The van der Waals surface area contributed by atoms with Crippen LogP contribution < -0.4 is 9.47 Å². The van der Waals surface area contributed by atoms with Crippen molar-refractivity contribution in [1.82, 2.24) is 0 Å². The van der Waals surface area contributed by atoms with Crippen LogP contribution in [0.25, 0.3) is 11.1 Å². The second-order valence-electron chi connectivity index (χ2n) is 4.38. The van der Waals surface area contributed by atoms with Crippen molar-refractivity contribution in [3.05, 3.63) is 46.5 Å². The molecule has 2 aromatic rings. The molecule has 0 spiro atoms. The zero-order chi connectivity index (χ0) is 14.7. The summed E-state index contributed by atoms with van der Waals surface area (Å²) < 4.78 is 10.7. The second-order valence-corrected chi connectivity index (χ2v) is 4.79. The van der Waals surface area contributed by atoms with E-state index in [1.165, 1.54) is 0 Å². The highest BCUT2D eigenvalue weighted by Gasteiger charge is 2.14. The van der Waals surface area contributed by atoms with Crippen LogP contribution in [-0.4, -0.2) is 20.5 Å². The smallest absolute Gasteiger partial charge is 0.150 e. The van der Waals surface area contributed by atoms with Gasteiger partial charge in [-0.15, -0.1) is 0 Å². The average molecular weight is 291 g/mol. The number of halogens is 1. The topological polar surface area (TPSA) is 35.5 Å². The third-order valence-electron chi connectivity index (χ3n) is 3.13. The first kappa shape index (κ1) is 14.4. The standard InChI is InChI=1S/C16H15ClO3/c1-10-6-12(16(20-3)8-14(10)17)13-7-11(9-18)4-5-15(13)19-2/h4-9H,1-3H3. The zero-order valence-electron chi connectivity index (χ0n) is 11.6. The quantitative estimate of drug-likeness (QED) is 0.794. The van der Waals surface area contributed by atoms with Crippen LogP contribution in [0.5, 0.6) is 11.5 Å². The summed E-state index contributed by atoms with van der Waals surface area (Å²) in [5.74, 6) is 1.32. The molecule has 20 heavy (non-hydrogen) atoms. The molecule has 3 nitrogen and oxygen atoms in total. The molecule has 0 aromatic heterocycles. The Morgan fingerprint density at radius 3 is 2.25 bits per heavy atom. The van der Waals surface area contributed by atoms with Crippen LogP contribution in [0.3, 0.4) is 0 Å². The second kappa shape index (κ2) is 5.97. The third-order valence-corrected chi connectivity index (χ3v) is 3.54. The van der Waals surface area contributed by atoms with Gasteiger partial charge in [-0.3, -0.25) is 4.79 Å². The Morgan fingerprint density at radius 1 is 1.00 bits per heavy atom. The molecular formula is C16H15ClO3. The molecule has 0 saturated heterocycles. The Bertz CT molecular complexity index is 650. The van der Waals surface area contributed by atoms with Gasteiger partial charge in [0.1, 0.15) is 17.8 Å². The number of aryl methyl sites for hydroxylation is 1. The monoisotopic (exact) mass is 290 g/mol. The normalized spacial score (nSPS) is 10.2. The van der Waals surface area contributed by atoms with E-state index in [0.717, 1.165) is 23.0 Å². The molecule has 0 bridgehead atoms. The van der Waals surface area contributed by atoms with Crippen LogP contribution in [0, 0.1) is 6.92 Å². The first-order chi connectivity index (χ1) is 9.60. The van der Waals surface area contributed by atoms with E-state index >= 15 is 0 Å². The lowest BCUT2D eigenvalue weighted by Crippen LogP contribution is -1.94. The van der Waals surface area contributed by atoms with Crippen molar-refractivity contribution in [2.45, 2.75) is 6.92 Å². The van der Waals surface area contributed by atoms with Crippen LogP contribution in [0.1, 0.15) is 15.9 Å². The molecule has 0 aliphatic carbocycles. The minimum Gasteiger partial charge on any atom is -0.496 e. The molecule has 0 heterocycles. The fourth-order valence-corrected chi connectivity index (χ4v) is 2.21. The number of aldehydes is 1. The zero-order valence-corrected chi connectivity index (χ0v) is 12.3. The summed E-state index contributed by atoms with van der Waals surface area (Å²) in [6, 6.07) is 8.94. The van der Waals surface area contributed by atoms with E-state index in [0.29, 0.717) is 22.1 Å². The minimum atomic E-state index is 0.579. The number of benzene rings is 2. The summed E-state index contributed by atoms with van der Waals surface area (Å²) in [7, 11) is 3.18. The third kappa shape index (κ3) is 2.63. The van der Waals surface area contributed by atoms with Gasteiger partial charge in [-0.25, -0.2) is 0 Å². The maximum absolute atomic E-state index is 11.0. The van der Waals surface area contributed by atoms with E-state index in [-0.39, 0.29) is 0 Å². The molecule has 0 N–H and O–H groups in total. The van der Waals surface area contributed by atoms with Gasteiger partial charge in [0.05, 0.1) is 14.2 Å². The Morgan fingerprint density at radius 2 is 1.65 bits per heavy atom. The summed E-state index contributed by atoms with van der Waals surface area (Å²) in [4.78, 5) is 11.0. The van der Waals surface area contributed by atoms with E-state index < -0.39 is 0 Å². The number of carbonyl (C=O) groups excluding carboxylic acids is 1. The van der Waals surface area contributed by atoms with Crippen molar-refractivity contribution in [2.24, 2.45) is 0 Å². The highest BCUT2D eigenvalue weighted by molar-refractivity contribution is 6.31. The highest BCUT2D eigenvalue weighted by atomic mass is 35.5. The van der Waals surface area contributed by atoms with Crippen LogP contribution in [0.4, 0.5) is 0 Å². The number of ether oxygens (including phenoxy) is 2. The fourth-order valence-electron chi connectivity index (χ4n) is 2.05. The molecule has 0 aliphatic rings. The maximum atomic E-state index is 11.0. The van der Waals surface area contributed by atoms with Gasteiger partial charge in [-0.05, 0) is 42.8 Å². The van der Waals surface area contributed by atoms with Gasteiger partial charge < -0.3 is 9.47 Å². The lowest BCUT2D eigenvalue weighted by Gasteiger charge is -2.14. The van der Waals surface area contributed by atoms with Crippen molar-refractivity contribution in [3.8, 4) is 22.6 Å². The SMILES string of the molecule is COc1ccc(C=O)cc1-c1cc(C)c(Cl)cc1OC. The maximum Gasteiger partial charge on any atom is 0.150 e. The van der Waals surface area contributed by atoms with Crippen molar-refractivity contribution in [1.29, 1.82) is 0 Å². The molecule has 0 saturated carbocycles. The molecule has 0 radical (unpaired) electrons. The number of rotatable bonds is 4. The molecule has 0 atom stereocenters. The molecule has 104 valence electrons. The predicted molar refractivity (Wildman–Crippen MR) is 80.1 cm³/mol. The van der Waals surface area contributed by atoms with Crippen molar-refractivity contribution in [3.63, 3.8) is 0 Å². The molecule has 0 amide bonds. The number of carbonyl (C=O) groups is 1. The van der Waals surface area contributed by atoms with E-state index in [9.17, 15) is 4.79 Å². The van der Waals surface area contributed by atoms with Crippen molar-refractivity contribution < 1.29 is 14.3 Å². The van der Waals surface area contributed by atoms with Gasteiger partial charge in [0, 0.05) is 21.7 Å². The first-order valence-corrected chi connectivity index (χ1v) is 6.46. The Balaban J connectivity index is 2.72. The van der Waals surface area contributed by atoms with E-state index in [4.69, 9.17) is 21.1 Å². The van der Waals surface area contributed by atoms with Crippen molar-refractivity contribution in [2.75, 3.05) is 14.2 Å².